The van der Waals surface area contributed by atoms with Crippen LogP contribution in [0.25, 0.3) is 0 Å². The summed E-state index contributed by atoms with van der Waals surface area (Å²) in [6.45, 7) is 8.44. The lowest BCUT2D eigenvalue weighted by Crippen LogP contribution is -2.39. The zero-order chi connectivity index (χ0) is 15.3. The van der Waals surface area contributed by atoms with Crippen LogP contribution in [0.3, 0.4) is 0 Å². The molecule has 1 aromatic heterocycles. The lowest BCUT2D eigenvalue weighted by molar-refractivity contribution is -0.119. The van der Waals surface area contributed by atoms with Gasteiger partial charge in [-0.1, -0.05) is 27.7 Å². The van der Waals surface area contributed by atoms with E-state index in [1.807, 2.05) is 27.7 Å². The Labute approximate surface area is 119 Å². The molecule has 0 saturated carbocycles. The Morgan fingerprint density at radius 3 is 2.50 bits per heavy atom. The predicted octanol–water partition coefficient (Wildman–Crippen LogP) is 1.62. The van der Waals surface area contributed by atoms with E-state index in [4.69, 9.17) is 16.2 Å². The summed E-state index contributed by atoms with van der Waals surface area (Å²) in [4.78, 5) is 15.7. The zero-order valence-corrected chi connectivity index (χ0v) is 12.5. The van der Waals surface area contributed by atoms with Gasteiger partial charge in [0.25, 0.3) is 0 Å². The van der Waals surface area contributed by atoms with Gasteiger partial charge in [0, 0.05) is 0 Å². The number of amides is 1. The third kappa shape index (κ3) is 4.60. The van der Waals surface area contributed by atoms with Gasteiger partial charge in [-0.15, -0.1) is 0 Å². The minimum absolute atomic E-state index is 0.0619. The number of rotatable bonds is 7. The van der Waals surface area contributed by atoms with Crippen LogP contribution < -0.4 is 21.5 Å². The number of hydrogen-bond acceptors (Lipinski definition) is 5. The first kappa shape index (κ1) is 16.1. The standard InChI is InChI=1S/C14H24N4O2/c1-8(2)7-20-14-10(15)5-6-11(18-14)17-12(9(3)4)13(16)19/h5-6,8-9,12H,7,15H2,1-4H3,(H2,16,19)(H,17,18). The first-order chi connectivity index (χ1) is 9.31. The lowest BCUT2D eigenvalue weighted by atomic mass is 10.0. The molecule has 1 heterocycles. The maximum absolute atomic E-state index is 11.4. The number of anilines is 2. The Morgan fingerprint density at radius 2 is 2.00 bits per heavy atom. The van der Waals surface area contributed by atoms with Crippen LogP contribution in [0, 0.1) is 11.8 Å². The number of carbonyl (C=O) groups excluding carboxylic acids is 1. The Morgan fingerprint density at radius 1 is 1.35 bits per heavy atom. The van der Waals surface area contributed by atoms with E-state index in [-0.39, 0.29) is 5.92 Å². The molecule has 1 unspecified atom stereocenters. The van der Waals surface area contributed by atoms with Crippen molar-refractivity contribution in [3.8, 4) is 5.88 Å². The number of nitrogen functional groups attached to an aromatic ring is 1. The number of primary amides is 1. The third-order valence-corrected chi connectivity index (χ3v) is 2.72. The highest BCUT2D eigenvalue weighted by molar-refractivity contribution is 5.83. The summed E-state index contributed by atoms with van der Waals surface area (Å²) in [5.41, 5.74) is 11.7. The number of nitrogens with zero attached hydrogens (tertiary/aromatic N) is 1. The van der Waals surface area contributed by atoms with Crippen LogP contribution in [-0.4, -0.2) is 23.5 Å². The molecule has 0 radical (unpaired) electrons. The van der Waals surface area contributed by atoms with Crippen molar-refractivity contribution in [3.05, 3.63) is 12.1 Å². The van der Waals surface area contributed by atoms with Gasteiger partial charge in [-0.2, -0.15) is 4.98 Å². The summed E-state index contributed by atoms with van der Waals surface area (Å²) in [6.07, 6.45) is 0. The third-order valence-electron chi connectivity index (χ3n) is 2.72. The first-order valence-electron chi connectivity index (χ1n) is 6.76. The fraction of sp³-hybridized carbons (Fsp3) is 0.571. The molecular formula is C14H24N4O2. The molecule has 0 aliphatic carbocycles. The van der Waals surface area contributed by atoms with E-state index in [0.29, 0.717) is 29.9 Å². The van der Waals surface area contributed by atoms with E-state index in [1.165, 1.54) is 0 Å². The number of nitrogens with one attached hydrogen (secondary N) is 1. The predicted molar refractivity (Wildman–Crippen MR) is 80.4 cm³/mol. The molecule has 20 heavy (non-hydrogen) atoms. The Balaban J connectivity index is 2.85. The first-order valence-corrected chi connectivity index (χ1v) is 6.76. The number of carbonyl (C=O) groups is 1. The van der Waals surface area contributed by atoms with Crippen molar-refractivity contribution in [2.75, 3.05) is 17.7 Å². The quantitative estimate of drug-likeness (QED) is 0.704. The van der Waals surface area contributed by atoms with E-state index in [2.05, 4.69) is 10.3 Å². The van der Waals surface area contributed by atoms with Crippen molar-refractivity contribution in [1.29, 1.82) is 0 Å². The van der Waals surface area contributed by atoms with Crippen LogP contribution in [0.15, 0.2) is 12.1 Å². The second-order valence-corrected chi connectivity index (χ2v) is 5.56. The number of pyridine rings is 1. The average molecular weight is 280 g/mol. The van der Waals surface area contributed by atoms with Gasteiger partial charge >= 0.3 is 0 Å². The topological polar surface area (TPSA) is 103 Å². The van der Waals surface area contributed by atoms with Crippen molar-refractivity contribution in [1.82, 2.24) is 4.98 Å². The normalized spacial score (nSPS) is 12.5. The van der Waals surface area contributed by atoms with Gasteiger partial charge in [0.1, 0.15) is 11.9 Å². The van der Waals surface area contributed by atoms with E-state index in [1.54, 1.807) is 12.1 Å². The minimum atomic E-state index is -0.482. The Kier molecular flexibility index (Phi) is 5.61. The molecule has 5 N–H and O–H groups in total. The molecule has 6 heteroatoms. The van der Waals surface area contributed by atoms with Gasteiger partial charge in [0.15, 0.2) is 0 Å². The van der Waals surface area contributed by atoms with Gasteiger partial charge < -0.3 is 21.5 Å². The summed E-state index contributed by atoms with van der Waals surface area (Å²) in [5, 5.41) is 3.01. The SMILES string of the molecule is CC(C)COc1nc(NC(C(N)=O)C(C)C)ccc1N. The highest BCUT2D eigenvalue weighted by atomic mass is 16.5. The molecule has 1 atom stereocenters. The maximum Gasteiger partial charge on any atom is 0.240 e. The number of ether oxygens (including phenoxy) is 1. The van der Waals surface area contributed by atoms with E-state index >= 15 is 0 Å². The van der Waals surface area contributed by atoms with Gasteiger partial charge in [-0.25, -0.2) is 0 Å². The van der Waals surface area contributed by atoms with Gasteiger partial charge in [-0.3, -0.25) is 4.79 Å². The largest absolute Gasteiger partial charge is 0.476 e. The van der Waals surface area contributed by atoms with Crippen LogP contribution in [0.5, 0.6) is 5.88 Å². The summed E-state index contributed by atoms with van der Waals surface area (Å²) in [7, 11) is 0. The lowest BCUT2D eigenvalue weighted by Gasteiger charge is -2.20. The Bertz CT molecular complexity index is 460. The van der Waals surface area contributed by atoms with Crippen molar-refractivity contribution in [2.45, 2.75) is 33.7 Å². The molecule has 0 aliphatic heterocycles. The molecular weight excluding hydrogens is 256 g/mol. The molecule has 6 nitrogen and oxygen atoms in total. The number of hydrogen-bond donors (Lipinski definition) is 3. The highest BCUT2D eigenvalue weighted by Crippen LogP contribution is 2.22. The van der Waals surface area contributed by atoms with Gasteiger partial charge in [0.2, 0.25) is 11.8 Å². The van der Waals surface area contributed by atoms with E-state index < -0.39 is 11.9 Å². The van der Waals surface area contributed by atoms with Crippen molar-refractivity contribution in [3.63, 3.8) is 0 Å². The molecule has 0 saturated heterocycles. The molecule has 0 aliphatic rings. The van der Waals surface area contributed by atoms with Crippen molar-refractivity contribution >= 4 is 17.4 Å². The fourth-order valence-corrected chi connectivity index (χ4v) is 1.62. The molecule has 0 bridgehead atoms. The van der Waals surface area contributed by atoms with Crippen LogP contribution in [0.1, 0.15) is 27.7 Å². The van der Waals surface area contributed by atoms with Gasteiger partial charge in [-0.05, 0) is 24.0 Å². The van der Waals surface area contributed by atoms with E-state index in [0.717, 1.165) is 0 Å². The molecule has 0 fully saturated rings. The fourth-order valence-electron chi connectivity index (χ4n) is 1.62. The maximum atomic E-state index is 11.4. The molecule has 1 rings (SSSR count). The van der Waals surface area contributed by atoms with Crippen LogP contribution in [0.4, 0.5) is 11.5 Å². The number of nitrogens with two attached hydrogens (primary N) is 2. The minimum Gasteiger partial charge on any atom is -0.476 e. The Hall–Kier alpha value is -1.98. The molecule has 112 valence electrons. The average Bonchev–Trinajstić information content (AvgIpc) is 2.35. The van der Waals surface area contributed by atoms with Crippen molar-refractivity contribution < 1.29 is 9.53 Å². The zero-order valence-electron chi connectivity index (χ0n) is 12.5. The smallest absolute Gasteiger partial charge is 0.240 e. The molecule has 1 amide bonds. The highest BCUT2D eigenvalue weighted by Gasteiger charge is 2.20. The summed E-state index contributed by atoms with van der Waals surface area (Å²) in [5.74, 6) is 0.920. The monoisotopic (exact) mass is 280 g/mol. The molecule has 0 aromatic carbocycles. The van der Waals surface area contributed by atoms with Crippen LogP contribution >= 0.6 is 0 Å². The van der Waals surface area contributed by atoms with Crippen LogP contribution in [-0.2, 0) is 4.79 Å². The summed E-state index contributed by atoms with van der Waals surface area (Å²) < 4.78 is 5.55. The van der Waals surface area contributed by atoms with Crippen LogP contribution in [0.2, 0.25) is 0 Å². The second kappa shape index (κ2) is 6.98. The van der Waals surface area contributed by atoms with Crippen molar-refractivity contribution in [2.24, 2.45) is 17.6 Å². The second-order valence-electron chi connectivity index (χ2n) is 5.56. The number of aromatic nitrogens is 1. The van der Waals surface area contributed by atoms with E-state index in [9.17, 15) is 4.79 Å². The summed E-state index contributed by atoms with van der Waals surface area (Å²) >= 11 is 0. The molecule has 0 spiro atoms. The van der Waals surface area contributed by atoms with Gasteiger partial charge in [0.05, 0.1) is 12.3 Å². The molecule has 1 aromatic rings. The summed E-state index contributed by atoms with van der Waals surface area (Å²) in [6, 6.07) is 2.92.